The van der Waals surface area contributed by atoms with Gasteiger partial charge in [0.2, 0.25) is 0 Å². The average Bonchev–Trinajstić information content (AvgIpc) is 2.31. The molecule has 2 aliphatic carbocycles. The molecule has 0 aromatic carbocycles. The Bertz CT molecular complexity index is 325. The van der Waals surface area contributed by atoms with E-state index in [0.717, 1.165) is 19.3 Å². The Kier molecular flexibility index (Phi) is 3.16. The second-order valence-electron chi connectivity index (χ2n) is 6.68. The molecule has 0 saturated heterocycles. The van der Waals surface area contributed by atoms with Gasteiger partial charge in [-0.2, -0.15) is 0 Å². The Morgan fingerprint density at radius 3 is 2.59 bits per heavy atom. The summed E-state index contributed by atoms with van der Waals surface area (Å²) in [5.74, 6) is 1.07. The Balaban J connectivity index is 2.32. The lowest BCUT2D eigenvalue weighted by atomic mass is 9.47. The molecule has 2 rings (SSSR count). The van der Waals surface area contributed by atoms with E-state index in [1.165, 1.54) is 12.0 Å². The minimum Gasteiger partial charge on any atom is -0.394 e. The van der Waals surface area contributed by atoms with Crippen LogP contribution in [0.2, 0.25) is 0 Å². The topological polar surface area (TPSA) is 40.5 Å². The van der Waals surface area contributed by atoms with Gasteiger partial charge in [0.1, 0.15) is 0 Å². The predicted octanol–water partition coefficient (Wildman–Crippen LogP) is 2.75. The molecule has 0 spiro atoms. The van der Waals surface area contributed by atoms with Crippen LogP contribution in [0.4, 0.5) is 0 Å². The van der Waals surface area contributed by atoms with Crippen molar-refractivity contribution in [2.75, 3.05) is 6.61 Å². The molecular weight excluding hydrogens is 212 g/mol. The Morgan fingerprint density at radius 2 is 2.00 bits per heavy atom. The summed E-state index contributed by atoms with van der Waals surface area (Å²) in [6, 6.07) is 0. The van der Waals surface area contributed by atoms with Crippen LogP contribution in [0.15, 0.2) is 12.2 Å². The maximum Gasteiger partial charge on any atom is 0.0830 e. The van der Waals surface area contributed by atoms with Crippen LogP contribution in [0, 0.1) is 22.7 Å². The molecule has 0 unspecified atom stereocenters. The first-order chi connectivity index (χ1) is 7.86. The van der Waals surface area contributed by atoms with E-state index in [2.05, 4.69) is 27.4 Å². The SMILES string of the molecule is C=C1[C@H]2CC[C@@H](C)[C@]1(C)CC[C@@]2(C)[C@H](O)CO. The Labute approximate surface area is 105 Å². The van der Waals surface area contributed by atoms with Gasteiger partial charge in [0.15, 0.2) is 0 Å². The quantitative estimate of drug-likeness (QED) is 0.726. The molecule has 2 aliphatic rings. The number of hydrogen-bond acceptors (Lipinski definition) is 2. The predicted molar refractivity (Wildman–Crippen MR) is 69.6 cm³/mol. The molecule has 0 aliphatic heterocycles. The second-order valence-corrected chi connectivity index (χ2v) is 6.68. The van der Waals surface area contributed by atoms with Crippen LogP contribution in [0.1, 0.15) is 46.5 Å². The van der Waals surface area contributed by atoms with Crippen molar-refractivity contribution < 1.29 is 10.2 Å². The summed E-state index contributed by atoms with van der Waals surface area (Å²) < 4.78 is 0. The number of rotatable bonds is 2. The smallest absolute Gasteiger partial charge is 0.0830 e. The monoisotopic (exact) mass is 238 g/mol. The molecule has 2 fully saturated rings. The normalized spacial score (nSPS) is 47.9. The van der Waals surface area contributed by atoms with Crippen LogP contribution < -0.4 is 0 Å². The van der Waals surface area contributed by atoms with E-state index in [-0.39, 0.29) is 17.4 Å². The lowest BCUT2D eigenvalue weighted by molar-refractivity contribution is -0.0830. The summed E-state index contributed by atoms with van der Waals surface area (Å²) in [4.78, 5) is 0. The molecular formula is C15H26O2. The van der Waals surface area contributed by atoms with Crippen molar-refractivity contribution in [1.29, 1.82) is 0 Å². The molecule has 17 heavy (non-hydrogen) atoms. The molecule has 0 heterocycles. The molecule has 2 N–H and O–H groups in total. The lowest BCUT2D eigenvalue weighted by Crippen LogP contribution is -2.52. The van der Waals surface area contributed by atoms with E-state index in [9.17, 15) is 10.2 Å². The molecule has 5 atom stereocenters. The van der Waals surface area contributed by atoms with Gasteiger partial charge in [-0.25, -0.2) is 0 Å². The van der Waals surface area contributed by atoms with Crippen molar-refractivity contribution in [3.63, 3.8) is 0 Å². The van der Waals surface area contributed by atoms with Gasteiger partial charge in [0.05, 0.1) is 12.7 Å². The number of aliphatic hydroxyl groups is 2. The third-order valence-corrected chi connectivity index (χ3v) is 6.04. The summed E-state index contributed by atoms with van der Waals surface area (Å²) in [5.41, 5.74) is 1.39. The first-order valence-electron chi connectivity index (χ1n) is 6.84. The third kappa shape index (κ3) is 1.68. The van der Waals surface area contributed by atoms with Gasteiger partial charge in [0, 0.05) is 5.41 Å². The van der Waals surface area contributed by atoms with E-state index < -0.39 is 6.10 Å². The van der Waals surface area contributed by atoms with Crippen molar-refractivity contribution in [3.8, 4) is 0 Å². The minimum absolute atomic E-state index is 0.132. The number of fused-ring (bicyclic) bond motifs is 2. The van der Waals surface area contributed by atoms with Crippen LogP contribution in [0.5, 0.6) is 0 Å². The summed E-state index contributed by atoms with van der Waals surface area (Å²) in [7, 11) is 0. The highest BCUT2D eigenvalue weighted by Gasteiger charge is 2.54. The molecule has 2 heteroatoms. The highest BCUT2D eigenvalue weighted by molar-refractivity contribution is 5.24. The lowest BCUT2D eigenvalue weighted by Gasteiger charge is -2.58. The van der Waals surface area contributed by atoms with Crippen molar-refractivity contribution in [3.05, 3.63) is 12.2 Å². The van der Waals surface area contributed by atoms with Crippen LogP contribution >= 0.6 is 0 Å². The van der Waals surface area contributed by atoms with Gasteiger partial charge in [-0.15, -0.1) is 0 Å². The molecule has 98 valence electrons. The Hall–Kier alpha value is -0.340. The fourth-order valence-electron chi connectivity index (χ4n) is 4.07. The summed E-state index contributed by atoms with van der Waals surface area (Å²) in [6.07, 6.45) is 3.81. The first-order valence-corrected chi connectivity index (χ1v) is 6.84. The summed E-state index contributed by atoms with van der Waals surface area (Å²) >= 11 is 0. The highest BCUT2D eigenvalue weighted by Crippen LogP contribution is 2.61. The van der Waals surface area contributed by atoms with Crippen LogP contribution in [0.3, 0.4) is 0 Å². The third-order valence-electron chi connectivity index (χ3n) is 6.04. The first kappa shape index (κ1) is 13.1. The minimum atomic E-state index is -0.609. The number of aliphatic hydroxyl groups excluding tert-OH is 2. The van der Waals surface area contributed by atoms with Crippen molar-refractivity contribution in [2.45, 2.75) is 52.6 Å². The molecule has 0 amide bonds. The van der Waals surface area contributed by atoms with E-state index >= 15 is 0 Å². The van der Waals surface area contributed by atoms with Crippen molar-refractivity contribution in [2.24, 2.45) is 22.7 Å². The average molecular weight is 238 g/mol. The molecule has 2 nitrogen and oxygen atoms in total. The molecule has 0 aromatic rings. The zero-order chi connectivity index (χ0) is 12.8. The van der Waals surface area contributed by atoms with Gasteiger partial charge in [0.25, 0.3) is 0 Å². The molecule has 0 aromatic heterocycles. The van der Waals surface area contributed by atoms with Crippen LogP contribution in [-0.2, 0) is 0 Å². The molecule has 2 bridgehead atoms. The fourth-order valence-corrected chi connectivity index (χ4v) is 4.07. The zero-order valence-corrected chi connectivity index (χ0v) is 11.4. The molecule has 0 radical (unpaired) electrons. The summed E-state index contributed by atoms with van der Waals surface area (Å²) in [5, 5.41) is 19.4. The fraction of sp³-hybridized carbons (Fsp3) is 0.867. The van der Waals surface area contributed by atoms with Crippen molar-refractivity contribution in [1.82, 2.24) is 0 Å². The van der Waals surface area contributed by atoms with E-state index in [0.29, 0.717) is 11.8 Å². The van der Waals surface area contributed by atoms with Gasteiger partial charge in [-0.05, 0) is 42.9 Å². The zero-order valence-electron chi connectivity index (χ0n) is 11.4. The second kappa shape index (κ2) is 4.10. The highest BCUT2D eigenvalue weighted by atomic mass is 16.3. The van der Waals surface area contributed by atoms with Crippen LogP contribution in [-0.4, -0.2) is 22.9 Å². The van der Waals surface area contributed by atoms with Gasteiger partial charge >= 0.3 is 0 Å². The van der Waals surface area contributed by atoms with E-state index in [1.54, 1.807) is 0 Å². The standard InChI is InChI=1S/C15H26O2/c1-10-5-6-12-11(2)14(10,3)7-8-15(12,4)13(17)9-16/h10,12-13,16-17H,2,5-9H2,1,3-4H3/t10-,12-,13-,14+,15-/m1/s1. The van der Waals surface area contributed by atoms with E-state index in [1.807, 2.05) is 0 Å². The Morgan fingerprint density at radius 1 is 1.35 bits per heavy atom. The van der Waals surface area contributed by atoms with Gasteiger partial charge in [-0.3, -0.25) is 0 Å². The number of allylic oxidation sites excluding steroid dienone is 1. The molecule has 2 saturated carbocycles. The number of hydrogen-bond donors (Lipinski definition) is 2. The van der Waals surface area contributed by atoms with Gasteiger partial charge < -0.3 is 10.2 Å². The maximum absolute atomic E-state index is 10.1. The van der Waals surface area contributed by atoms with Crippen molar-refractivity contribution >= 4 is 0 Å². The van der Waals surface area contributed by atoms with E-state index in [4.69, 9.17) is 0 Å². The summed E-state index contributed by atoms with van der Waals surface area (Å²) in [6.45, 7) is 11.0. The maximum atomic E-state index is 10.1. The van der Waals surface area contributed by atoms with Gasteiger partial charge in [-0.1, -0.05) is 32.9 Å². The largest absolute Gasteiger partial charge is 0.394 e. The van der Waals surface area contributed by atoms with Crippen LogP contribution in [0.25, 0.3) is 0 Å².